The standard InChI is InChI=1S/C13H21N2O17P3/c1-27-8(16)3-6-4-15(13(19)14-11(6)18)12-10(28-2)9(17)7(30-12)5-29-34(23,24)32-35(25,26)31-33(20,21)22/h4,7,9-10,12,17H,3,5H2,1-2H3,(H,23,24)(H,25,26)(H,14,18,19)(H2,20,21,22). The van der Waals surface area contributed by atoms with E-state index >= 15 is 0 Å². The molecule has 0 spiro atoms. The summed E-state index contributed by atoms with van der Waals surface area (Å²) in [5, 5.41) is 10.4. The molecular formula is C13H21N2O17P3. The number of aromatic amines is 1. The van der Waals surface area contributed by atoms with Crippen LogP contribution in [-0.4, -0.2) is 79.3 Å². The zero-order valence-corrected chi connectivity index (χ0v) is 20.4. The summed E-state index contributed by atoms with van der Waals surface area (Å²) >= 11 is 0. The first-order chi connectivity index (χ1) is 16.0. The van der Waals surface area contributed by atoms with Crippen molar-refractivity contribution in [1.29, 1.82) is 0 Å². The first-order valence-electron chi connectivity index (χ1n) is 9.04. The Hall–Kier alpha value is -1.56. The predicted octanol–water partition coefficient (Wildman–Crippen LogP) is -2.13. The molecule has 2 rings (SSSR count). The highest BCUT2D eigenvalue weighted by Crippen LogP contribution is 2.66. The fourth-order valence-electron chi connectivity index (χ4n) is 2.88. The topological polar surface area (TPSA) is 280 Å². The maximum absolute atomic E-state index is 12.3. The molecule has 1 aromatic heterocycles. The second-order valence-corrected chi connectivity index (χ2v) is 11.1. The van der Waals surface area contributed by atoms with Crippen molar-refractivity contribution in [2.75, 3.05) is 20.8 Å². The Labute approximate surface area is 194 Å². The summed E-state index contributed by atoms with van der Waals surface area (Å²) in [4.78, 5) is 73.5. The lowest BCUT2D eigenvalue weighted by molar-refractivity contribution is -0.139. The molecule has 0 aromatic carbocycles. The number of phosphoric ester groups is 1. The zero-order chi connectivity index (χ0) is 26.8. The number of hydrogen-bond acceptors (Lipinski definition) is 13. The van der Waals surface area contributed by atoms with E-state index in [2.05, 4.69) is 17.9 Å². The molecule has 6 N–H and O–H groups in total. The average Bonchev–Trinajstić information content (AvgIpc) is 3.00. The van der Waals surface area contributed by atoms with Crippen LogP contribution in [0.25, 0.3) is 0 Å². The minimum Gasteiger partial charge on any atom is -0.469 e. The van der Waals surface area contributed by atoms with Gasteiger partial charge in [-0.05, 0) is 0 Å². The number of aliphatic hydroxyl groups excluding tert-OH is 1. The lowest BCUT2D eigenvalue weighted by Gasteiger charge is -2.20. The first kappa shape index (κ1) is 29.7. The van der Waals surface area contributed by atoms with Crippen LogP contribution in [0.3, 0.4) is 0 Å². The summed E-state index contributed by atoms with van der Waals surface area (Å²) in [5.74, 6) is -0.801. The number of rotatable bonds is 11. The van der Waals surface area contributed by atoms with Gasteiger partial charge in [-0.3, -0.25) is 23.7 Å². The number of methoxy groups -OCH3 is 2. The molecule has 1 aliphatic heterocycles. The van der Waals surface area contributed by atoms with Gasteiger partial charge in [0.25, 0.3) is 5.56 Å². The number of aromatic nitrogens is 2. The fourth-order valence-corrected chi connectivity index (χ4v) is 5.91. The van der Waals surface area contributed by atoms with E-state index in [1.54, 1.807) is 0 Å². The maximum atomic E-state index is 12.3. The average molecular weight is 570 g/mol. The van der Waals surface area contributed by atoms with Gasteiger partial charge in [0, 0.05) is 18.9 Å². The van der Waals surface area contributed by atoms with Gasteiger partial charge < -0.3 is 38.9 Å². The van der Waals surface area contributed by atoms with Crippen LogP contribution in [0.1, 0.15) is 11.8 Å². The molecule has 1 fully saturated rings. The molecule has 6 unspecified atom stereocenters. The molecule has 1 saturated heterocycles. The van der Waals surface area contributed by atoms with Crippen molar-refractivity contribution < 1.29 is 70.5 Å². The number of carbonyl (C=O) groups excluding carboxylic acids is 1. The van der Waals surface area contributed by atoms with Crippen molar-refractivity contribution in [1.82, 2.24) is 9.55 Å². The molecule has 1 aromatic rings. The number of nitrogens with zero attached hydrogens (tertiary/aromatic N) is 1. The van der Waals surface area contributed by atoms with Crippen LogP contribution in [0.2, 0.25) is 0 Å². The van der Waals surface area contributed by atoms with Crippen molar-refractivity contribution in [3.63, 3.8) is 0 Å². The number of hydrogen-bond donors (Lipinski definition) is 6. The second kappa shape index (κ2) is 11.2. The van der Waals surface area contributed by atoms with E-state index < -0.39 is 78.3 Å². The van der Waals surface area contributed by atoms with Crippen LogP contribution >= 0.6 is 23.5 Å². The highest BCUT2D eigenvalue weighted by atomic mass is 31.3. The largest absolute Gasteiger partial charge is 0.490 e. The normalized spacial score (nSPS) is 26.1. The molecular weight excluding hydrogens is 549 g/mol. The van der Waals surface area contributed by atoms with E-state index in [1.807, 2.05) is 4.98 Å². The minimum absolute atomic E-state index is 0.207. The molecule has 19 nitrogen and oxygen atoms in total. The molecule has 0 aliphatic carbocycles. The molecule has 200 valence electrons. The van der Waals surface area contributed by atoms with E-state index in [1.165, 1.54) is 0 Å². The fraction of sp³-hybridized carbons (Fsp3) is 0.615. The van der Waals surface area contributed by atoms with Crippen molar-refractivity contribution in [3.8, 4) is 0 Å². The van der Waals surface area contributed by atoms with Crippen molar-refractivity contribution in [3.05, 3.63) is 32.6 Å². The maximum Gasteiger partial charge on any atom is 0.490 e. The number of nitrogens with one attached hydrogen (secondary N) is 1. The Morgan fingerprint density at radius 1 is 1.11 bits per heavy atom. The number of aliphatic hydroxyl groups is 1. The van der Waals surface area contributed by atoms with E-state index in [9.17, 15) is 38.1 Å². The molecule has 1 aliphatic rings. The Bertz CT molecular complexity index is 1190. The van der Waals surface area contributed by atoms with E-state index in [-0.39, 0.29) is 5.56 Å². The quantitative estimate of drug-likeness (QED) is 0.122. The van der Waals surface area contributed by atoms with Gasteiger partial charge in [-0.1, -0.05) is 0 Å². The van der Waals surface area contributed by atoms with E-state index in [0.717, 1.165) is 25.0 Å². The highest BCUT2D eigenvalue weighted by molar-refractivity contribution is 7.66. The smallest absolute Gasteiger partial charge is 0.469 e. The van der Waals surface area contributed by atoms with Crippen LogP contribution in [-0.2, 0) is 52.3 Å². The van der Waals surface area contributed by atoms with Gasteiger partial charge in [0.15, 0.2) is 6.23 Å². The van der Waals surface area contributed by atoms with Crippen LogP contribution in [0.4, 0.5) is 0 Å². The zero-order valence-electron chi connectivity index (χ0n) is 17.7. The first-order valence-corrected chi connectivity index (χ1v) is 13.6. The lowest BCUT2D eigenvalue weighted by Crippen LogP contribution is -2.40. The minimum atomic E-state index is -5.77. The summed E-state index contributed by atoms with van der Waals surface area (Å²) in [6.45, 7) is -1.03. The Kier molecular flexibility index (Phi) is 9.52. The SMILES string of the molecule is COC(=O)Cc1cn(C2OC(COP(=O)(O)OP(=O)(O)OP(=O)(O)O)C(O)C2OC)c(=O)[nH]c1=O. The second-order valence-electron chi connectivity index (χ2n) is 6.72. The van der Waals surface area contributed by atoms with E-state index in [4.69, 9.17) is 24.2 Å². The molecule has 0 saturated carbocycles. The summed E-state index contributed by atoms with van der Waals surface area (Å²) in [6.07, 6.45) is -5.57. The summed E-state index contributed by atoms with van der Waals surface area (Å²) in [5.41, 5.74) is -2.13. The van der Waals surface area contributed by atoms with Crippen LogP contribution in [0.15, 0.2) is 15.8 Å². The van der Waals surface area contributed by atoms with Gasteiger partial charge in [0.2, 0.25) is 0 Å². The van der Waals surface area contributed by atoms with Gasteiger partial charge in [-0.25, -0.2) is 18.5 Å². The van der Waals surface area contributed by atoms with Crippen LogP contribution in [0, 0.1) is 0 Å². The molecule has 6 atom stereocenters. The van der Waals surface area contributed by atoms with Gasteiger partial charge >= 0.3 is 35.1 Å². The van der Waals surface area contributed by atoms with Crippen molar-refractivity contribution in [2.45, 2.75) is 31.0 Å². The summed E-state index contributed by atoms with van der Waals surface area (Å²) < 4.78 is 61.2. The van der Waals surface area contributed by atoms with Crippen LogP contribution in [0.5, 0.6) is 0 Å². The third-order valence-corrected chi connectivity index (χ3v) is 8.08. The number of carbonyl (C=O) groups is 1. The summed E-state index contributed by atoms with van der Waals surface area (Å²) in [6, 6.07) is 0. The molecule has 35 heavy (non-hydrogen) atoms. The van der Waals surface area contributed by atoms with Crippen molar-refractivity contribution in [2.24, 2.45) is 0 Å². The van der Waals surface area contributed by atoms with Gasteiger partial charge in [-0.15, -0.1) is 0 Å². The third kappa shape index (κ3) is 8.23. The van der Waals surface area contributed by atoms with Crippen LogP contribution < -0.4 is 11.2 Å². The number of esters is 1. The predicted molar refractivity (Wildman–Crippen MR) is 108 cm³/mol. The summed E-state index contributed by atoms with van der Waals surface area (Å²) in [7, 11) is -14.7. The van der Waals surface area contributed by atoms with Gasteiger partial charge in [0.05, 0.1) is 20.1 Å². The van der Waals surface area contributed by atoms with Gasteiger partial charge in [0.1, 0.15) is 18.3 Å². The molecule has 0 radical (unpaired) electrons. The molecule has 0 amide bonds. The van der Waals surface area contributed by atoms with Crippen molar-refractivity contribution >= 4 is 29.4 Å². The van der Waals surface area contributed by atoms with Gasteiger partial charge in [-0.2, -0.15) is 8.62 Å². The Balaban J connectivity index is 2.21. The number of phosphoric acid groups is 3. The molecule has 22 heteroatoms. The monoisotopic (exact) mass is 570 g/mol. The molecule has 2 heterocycles. The molecule has 0 bridgehead atoms. The lowest BCUT2D eigenvalue weighted by atomic mass is 10.1. The Morgan fingerprint density at radius 2 is 1.74 bits per heavy atom. The Morgan fingerprint density at radius 3 is 2.29 bits per heavy atom. The third-order valence-electron chi connectivity index (χ3n) is 4.28. The number of ether oxygens (including phenoxy) is 3. The highest BCUT2D eigenvalue weighted by Gasteiger charge is 2.47. The number of H-pyrrole nitrogens is 1. The van der Waals surface area contributed by atoms with E-state index in [0.29, 0.717) is 0 Å².